The van der Waals surface area contributed by atoms with Gasteiger partial charge < -0.3 is 5.32 Å². The van der Waals surface area contributed by atoms with E-state index < -0.39 is 22.0 Å². The van der Waals surface area contributed by atoms with Gasteiger partial charge in [-0.1, -0.05) is 6.07 Å². The number of hydrogen-bond acceptors (Lipinski definition) is 5. The maximum atomic E-state index is 12.6. The third kappa shape index (κ3) is 3.20. The average Bonchev–Trinajstić information content (AvgIpc) is 2.81. The van der Waals surface area contributed by atoms with E-state index in [0.717, 1.165) is 9.87 Å². The van der Waals surface area contributed by atoms with Crippen LogP contribution in [0.25, 0.3) is 0 Å². The summed E-state index contributed by atoms with van der Waals surface area (Å²) in [5.74, 6) is -0.944. The van der Waals surface area contributed by atoms with Crippen LogP contribution in [0.3, 0.4) is 0 Å². The van der Waals surface area contributed by atoms with Crippen molar-refractivity contribution in [3.8, 4) is 0 Å². The second-order valence-corrected chi connectivity index (χ2v) is 8.06. The van der Waals surface area contributed by atoms with Crippen molar-refractivity contribution in [3.63, 3.8) is 0 Å². The molecule has 1 aliphatic heterocycles. The van der Waals surface area contributed by atoms with E-state index in [2.05, 4.69) is 10.3 Å². The van der Waals surface area contributed by atoms with Gasteiger partial charge in [-0.3, -0.25) is 14.6 Å². The number of rotatable bonds is 5. The number of fused-ring (bicyclic) bond motifs is 1. The molecule has 0 fully saturated rings. The topological polar surface area (TPSA) is 96.4 Å². The normalized spacial score (nSPS) is 15.2. The highest BCUT2D eigenvalue weighted by molar-refractivity contribution is 7.90. The van der Waals surface area contributed by atoms with Gasteiger partial charge in [0.15, 0.2) is 0 Å². The van der Waals surface area contributed by atoms with Crippen molar-refractivity contribution < 1.29 is 18.0 Å². The molecule has 1 N–H and O–H groups in total. The van der Waals surface area contributed by atoms with Crippen LogP contribution in [0, 0.1) is 0 Å². The fourth-order valence-corrected chi connectivity index (χ4v) is 4.66. The molecular formula is C18H19N3O4S. The highest BCUT2D eigenvalue weighted by Gasteiger charge is 2.42. The third-order valence-electron chi connectivity index (χ3n) is 4.10. The van der Waals surface area contributed by atoms with Gasteiger partial charge in [0.2, 0.25) is 0 Å². The molecular weight excluding hydrogens is 354 g/mol. The number of benzene rings is 1. The Bertz CT molecular complexity index is 956. The lowest BCUT2D eigenvalue weighted by atomic mass is 10.1. The van der Waals surface area contributed by atoms with Crippen LogP contribution in [0.5, 0.6) is 0 Å². The molecule has 136 valence electrons. The largest absolute Gasteiger partial charge is 0.352 e. The van der Waals surface area contributed by atoms with Crippen molar-refractivity contribution in [2.24, 2.45) is 0 Å². The number of aromatic nitrogens is 1. The maximum Gasteiger partial charge on any atom is 0.269 e. The van der Waals surface area contributed by atoms with Crippen LogP contribution in [-0.4, -0.2) is 42.1 Å². The minimum atomic E-state index is -3.92. The summed E-state index contributed by atoms with van der Waals surface area (Å²) in [6.07, 6.45) is 4.01. The predicted octanol–water partition coefficient (Wildman–Crippen LogP) is 1.61. The zero-order chi connectivity index (χ0) is 18.9. The monoisotopic (exact) mass is 373 g/mol. The Kier molecular flexibility index (Phi) is 4.78. The van der Waals surface area contributed by atoms with Crippen LogP contribution in [0.15, 0.2) is 47.6 Å². The van der Waals surface area contributed by atoms with E-state index in [4.69, 9.17) is 0 Å². The van der Waals surface area contributed by atoms with E-state index in [1.807, 2.05) is 12.1 Å². The molecule has 0 saturated heterocycles. The van der Waals surface area contributed by atoms with Crippen molar-refractivity contribution in [2.45, 2.75) is 31.2 Å². The number of amides is 2. The molecule has 1 aromatic heterocycles. The van der Waals surface area contributed by atoms with Crippen molar-refractivity contribution in [1.29, 1.82) is 0 Å². The lowest BCUT2D eigenvalue weighted by molar-refractivity contribution is 0.0845. The fraction of sp³-hybridized carbons (Fsp3) is 0.278. The van der Waals surface area contributed by atoms with Crippen LogP contribution in [0.4, 0.5) is 0 Å². The standard InChI is InChI=1S/C18H19N3O4S/c1-12(2)21-18(23)15-6-5-14(10-16(15)26(21,24)25)17(22)20-9-7-13-4-3-8-19-11-13/h3-6,8,10-12H,7,9H2,1-2H3,(H,20,22). The molecule has 0 aliphatic carbocycles. The minimum Gasteiger partial charge on any atom is -0.352 e. The van der Waals surface area contributed by atoms with Crippen molar-refractivity contribution in [3.05, 3.63) is 59.4 Å². The molecule has 2 heterocycles. The van der Waals surface area contributed by atoms with E-state index in [-0.39, 0.29) is 21.9 Å². The summed E-state index contributed by atoms with van der Waals surface area (Å²) < 4.78 is 26.0. The quantitative estimate of drug-likeness (QED) is 0.859. The van der Waals surface area contributed by atoms with Crippen LogP contribution in [0.2, 0.25) is 0 Å². The Balaban J connectivity index is 1.76. The summed E-state index contributed by atoms with van der Waals surface area (Å²) in [5, 5.41) is 2.75. The Morgan fingerprint density at radius 1 is 1.27 bits per heavy atom. The van der Waals surface area contributed by atoms with Crippen molar-refractivity contribution in [1.82, 2.24) is 14.6 Å². The van der Waals surface area contributed by atoms with E-state index in [1.165, 1.54) is 18.2 Å². The van der Waals surface area contributed by atoms with E-state index in [9.17, 15) is 18.0 Å². The Morgan fingerprint density at radius 2 is 2.04 bits per heavy atom. The Hall–Kier alpha value is -2.74. The van der Waals surface area contributed by atoms with Gasteiger partial charge in [0, 0.05) is 30.5 Å². The van der Waals surface area contributed by atoms with Gasteiger partial charge in [-0.25, -0.2) is 12.7 Å². The molecule has 1 aliphatic rings. The van der Waals surface area contributed by atoms with Gasteiger partial charge in [0.05, 0.1) is 5.56 Å². The zero-order valence-electron chi connectivity index (χ0n) is 14.5. The lowest BCUT2D eigenvalue weighted by Crippen LogP contribution is -2.36. The lowest BCUT2D eigenvalue weighted by Gasteiger charge is -2.18. The summed E-state index contributed by atoms with van der Waals surface area (Å²) in [7, 11) is -3.92. The number of pyridine rings is 1. The molecule has 0 atom stereocenters. The highest BCUT2D eigenvalue weighted by atomic mass is 32.2. The molecule has 0 radical (unpaired) electrons. The van der Waals surface area contributed by atoms with Gasteiger partial charge >= 0.3 is 0 Å². The number of carbonyl (C=O) groups excluding carboxylic acids is 2. The summed E-state index contributed by atoms with van der Waals surface area (Å²) >= 11 is 0. The van der Waals surface area contributed by atoms with Crippen LogP contribution >= 0.6 is 0 Å². The molecule has 8 heteroatoms. The van der Waals surface area contributed by atoms with Gasteiger partial charge in [0.25, 0.3) is 21.8 Å². The molecule has 0 saturated carbocycles. The van der Waals surface area contributed by atoms with Crippen LogP contribution < -0.4 is 5.32 Å². The van der Waals surface area contributed by atoms with Crippen LogP contribution in [0.1, 0.15) is 40.1 Å². The average molecular weight is 373 g/mol. The SMILES string of the molecule is CC(C)N1C(=O)c2ccc(C(=O)NCCc3cccnc3)cc2S1(=O)=O. The van der Waals surface area contributed by atoms with Crippen molar-refractivity contribution in [2.75, 3.05) is 6.54 Å². The first-order chi connectivity index (χ1) is 12.3. The maximum absolute atomic E-state index is 12.6. The third-order valence-corrected chi connectivity index (χ3v) is 6.10. The molecule has 0 spiro atoms. The Morgan fingerprint density at radius 3 is 2.69 bits per heavy atom. The number of sulfonamides is 1. The molecule has 2 aromatic rings. The number of hydrogen-bond donors (Lipinski definition) is 1. The first-order valence-electron chi connectivity index (χ1n) is 8.22. The summed E-state index contributed by atoms with van der Waals surface area (Å²) in [4.78, 5) is 28.5. The van der Waals surface area contributed by atoms with E-state index >= 15 is 0 Å². The first-order valence-corrected chi connectivity index (χ1v) is 9.66. The molecule has 2 amide bonds. The highest BCUT2D eigenvalue weighted by Crippen LogP contribution is 2.32. The van der Waals surface area contributed by atoms with Gasteiger partial charge in [-0.05, 0) is 50.1 Å². The molecule has 0 bridgehead atoms. The van der Waals surface area contributed by atoms with Crippen molar-refractivity contribution >= 4 is 21.8 Å². The van der Waals surface area contributed by atoms with E-state index in [0.29, 0.717) is 13.0 Å². The first kappa shape index (κ1) is 18.1. The van der Waals surface area contributed by atoms with Gasteiger partial charge in [0.1, 0.15) is 4.90 Å². The zero-order valence-corrected chi connectivity index (χ0v) is 15.3. The molecule has 3 rings (SSSR count). The number of carbonyl (C=O) groups is 2. The molecule has 7 nitrogen and oxygen atoms in total. The van der Waals surface area contributed by atoms with Crippen LogP contribution in [-0.2, 0) is 16.4 Å². The second-order valence-electron chi connectivity index (χ2n) is 6.28. The molecule has 1 aromatic carbocycles. The number of nitrogens with zero attached hydrogens (tertiary/aromatic N) is 2. The Labute approximate surface area is 152 Å². The summed E-state index contributed by atoms with van der Waals surface area (Å²) in [5.41, 5.74) is 1.30. The predicted molar refractivity (Wildman–Crippen MR) is 95.2 cm³/mol. The summed E-state index contributed by atoms with van der Waals surface area (Å²) in [6, 6.07) is 7.37. The van der Waals surface area contributed by atoms with E-state index in [1.54, 1.807) is 26.2 Å². The second kappa shape index (κ2) is 6.87. The number of nitrogens with one attached hydrogen (secondary N) is 1. The van der Waals surface area contributed by atoms with Gasteiger partial charge in [-0.2, -0.15) is 0 Å². The summed E-state index contributed by atoms with van der Waals surface area (Å²) in [6.45, 7) is 3.66. The molecule has 26 heavy (non-hydrogen) atoms. The minimum absolute atomic E-state index is 0.102. The smallest absolute Gasteiger partial charge is 0.269 e. The molecule has 0 unspecified atom stereocenters. The fourth-order valence-electron chi connectivity index (χ4n) is 2.87. The van der Waals surface area contributed by atoms with Gasteiger partial charge in [-0.15, -0.1) is 0 Å².